The fourth-order valence-electron chi connectivity index (χ4n) is 15.8. The second-order valence-corrected chi connectivity index (χ2v) is 33.5. The predicted molar refractivity (Wildman–Crippen MR) is 554 cm³/mol. The minimum Gasteiger partial charge on any atom is -0.412 e. The molecular formula is C106H74O8S9. The third-order valence-electron chi connectivity index (χ3n) is 21.2. The first-order valence-electron chi connectivity index (χ1n) is 38.1. The van der Waals surface area contributed by atoms with Gasteiger partial charge in [-0.05, 0) is 179 Å². The molecule has 0 fully saturated rings. The topological polar surface area (TPSA) is 194 Å². The Morgan fingerprint density at radius 3 is 0.366 bits per heavy atom. The van der Waals surface area contributed by atoms with Gasteiger partial charge in [-0.25, -0.2) is 8.42 Å². The van der Waals surface area contributed by atoms with Crippen molar-refractivity contribution in [3.8, 4) is 0 Å². The van der Waals surface area contributed by atoms with Crippen LogP contribution in [0.4, 0.5) is 0 Å². The van der Waals surface area contributed by atoms with Crippen molar-refractivity contribution in [1.82, 2.24) is 0 Å². The Labute approximate surface area is 754 Å². The molecule has 0 heterocycles. The minimum atomic E-state index is -4.02. The maximum Gasteiger partial charge on any atom is 0.267 e. The molecule has 17 heteroatoms. The molecule has 0 bridgehead atoms. The second-order valence-electron chi connectivity index (χ2n) is 28.4. The number of benzene rings is 16. The van der Waals surface area contributed by atoms with E-state index >= 15 is 0 Å². The summed E-state index contributed by atoms with van der Waals surface area (Å²) in [5.74, 6) is 0. The van der Waals surface area contributed by atoms with Gasteiger partial charge in [0.1, 0.15) is 0 Å². The molecule has 0 amide bonds. The Kier molecular flexibility index (Phi) is 29.1. The molecule has 0 spiro atoms. The van der Waals surface area contributed by atoms with E-state index in [0.717, 1.165) is 38.9 Å². The normalized spacial score (nSPS) is 12.9. The van der Waals surface area contributed by atoms with Crippen molar-refractivity contribution >= 4 is 293 Å². The fourth-order valence-corrected chi connectivity index (χ4v) is 17.7. The molecule has 600 valence electrons. The van der Waals surface area contributed by atoms with Gasteiger partial charge in [0, 0.05) is 83.4 Å². The van der Waals surface area contributed by atoms with Crippen molar-refractivity contribution in [3.63, 3.8) is 0 Å². The monoisotopic (exact) mass is 1760 g/mol. The highest BCUT2D eigenvalue weighted by Crippen LogP contribution is 2.37. The summed E-state index contributed by atoms with van der Waals surface area (Å²) in [5.41, 5.74) is 18.9. The SMILES string of the molecule is O.O.O.O.O=CS(=O)(=O)C=O.S=C1C=Cc2cccc3cccc1c23.S=C1C=Cc2cccc3cccc1c23.S=C1C=Cc2cccc3cccc1c23.S=C1C=Cc2cccc3cccc1c23.S=C1C=Cc2cccc3cccc1c23.S=C1C=Cc2cccc3cccc1c23.S=C1C=Cc2cccc3cccc1c23.S=C1C=Cc2cccc3cccc1c23. The lowest BCUT2D eigenvalue weighted by atomic mass is 9.93. The fraction of sp³-hybridized carbons (Fsp3) is 0. The summed E-state index contributed by atoms with van der Waals surface area (Å²) >= 11 is 42.5. The average molecular weight is 1760 g/mol. The van der Waals surface area contributed by atoms with Crippen LogP contribution < -0.4 is 0 Å². The van der Waals surface area contributed by atoms with Crippen LogP contribution in [0.15, 0.2) is 340 Å². The molecule has 0 aromatic heterocycles. The first-order chi connectivity index (χ1) is 58.0. The molecule has 8 aliphatic carbocycles. The first kappa shape index (κ1) is 89.6. The summed E-state index contributed by atoms with van der Waals surface area (Å²) in [6.45, 7) is 0. The molecule has 16 aromatic rings. The van der Waals surface area contributed by atoms with Gasteiger partial charge in [0.2, 0.25) is 11.2 Å². The van der Waals surface area contributed by atoms with Crippen LogP contribution in [0.2, 0.25) is 0 Å². The lowest BCUT2D eigenvalue weighted by Gasteiger charge is -2.12. The minimum absolute atomic E-state index is 0. The van der Waals surface area contributed by atoms with Crippen LogP contribution in [0.3, 0.4) is 0 Å². The first-order valence-corrected chi connectivity index (χ1v) is 43.0. The van der Waals surface area contributed by atoms with Gasteiger partial charge in [0.05, 0.1) is 0 Å². The number of hydrogen-bond acceptors (Lipinski definition) is 12. The Bertz CT molecular complexity index is 6170. The predicted octanol–water partition coefficient (Wildman–Crippen LogP) is 24.2. The van der Waals surface area contributed by atoms with Crippen LogP contribution in [-0.4, -0.2) is 80.5 Å². The summed E-state index contributed by atoms with van der Waals surface area (Å²) < 4.78 is 19.3. The molecule has 8 nitrogen and oxygen atoms in total. The molecule has 123 heavy (non-hydrogen) atoms. The Morgan fingerprint density at radius 1 is 0.163 bits per heavy atom. The molecule has 0 saturated carbocycles. The van der Waals surface area contributed by atoms with Gasteiger partial charge in [0.25, 0.3) is 9.84 Å². The Balaban J connectivity index is 0.000000126. The number of carbonyl (C=O) groups excluding carboxylic acids is 2. The maximum atomic E-state index is 9.63. The summed E-state index contributed by atoms with van der Waals surface area (Å²) in [6, 6.07) is 101. The largest absolute Gasteiger partial charge is 0.412 e. The van der Waals surface area contributed by atoms with Gasteiger partial charge < -0.3 is 21.9 Å². The molecule has 0 aliphatic heterocycles. The van der Waals surface area contributed by atoms with Gasteiger partial charge >= 0.3 is 0 Å². The third kappa shape index (κ3) is 19.0. The van der Waals surface area contributed by atoms with Crippen molar-refractivity contribution in [2.45, 2.75) is 0 Å². The molecule has 0 unspecified atom stereocenters. The highest BCUT2D eigenvalue weighted by Gasteiger charge is 2.19. The van der Waals surface area contributed by atoms with Gasteiger partial charge in [0.15, 0.2) is 0 Å². The van der Waals surface area contributed by atoms with Crippen molar-refractivity contribution in [2.24, 2.45) is 0 Å². The number of thiocarbonyl (C=S) groups is 8. The molecule has 0 radical (unpaired) electrons. The van der Waals surface area contributed by atoms with Crippen LogP contribution in [0.25, 0.3) is 135 Å². The van der Waals surface area contributed by atoms with Gasteiger partial charge in [-0.15, -0.1) is 0 Å². The summed E-state index contributed by atoms with van der Waals surface area (Å²) in [6.07, 6.45) is 32.8. The quantitative estimate of drug-likeness (QED) is 0.118. The van der Waals surface area contributed by atoms with Gasteiger partial charge in [-0.2, -0.15) is 0 Å². The average Bonchev–Trinajstić information content (AvgIpc) is 0.830. The molecule has 0 atom stereocenters. The van der Waals surface area contributed by atoms with Gasteiger partial charge in [-0.1, -0.05) is 438 Å². The Hall–Kier alpha value is -12.6. The molecule has 8 aliphatic rings. The van der Waals surface area contributed by atoms with Crippen LogP contribution in [0, 0.1) is 0 Å². The smallest absolute Gasteiger partial charge is 0.267 e. The highest BCUT2D eigenvalue weighted by atomic mass is 32.2. The van der Waals surface area contributed by atoms with E-state index in [1.54, 1.807) is 0 Å². The van der Waals surface area contributed by atoms with E-state index in [4.69, 9.17) is 97.7 Å². The van der Waals surface area contributed by atoms with Crippen LogP contribution in [0.5, 0.6) is 0 Å². The van der Waals surface area contributed by atoms with Crippen LogP contribution in [-0.2, 0) is 19.4 Å². The highest BCUT2D eigenvalue weighted by molar-refractivity contribution is 8.15. The van der Waals surface area contributed by atoms with E-state index in [-0.39, 0.29) is 21.9 Å². The zero-order chi connectivity index (χ0) is 82.3. The van der Waals surface area contributed by atoms with E-state index in [1.807, 2.05) is 48.6 Å². The zero-order valence-electron chi connectivity index (χ0n) is 65.4. The summed E-state index contributed by atoms with van der Waals surface area (Å²) in [5, 5.41) is 20.5. The molecule has 8 N–H and O–H groups in total. The van der Waals surface area contributed by atoms with E-state index in [9.17, 15) is 18.0 Å². The number of carbonyl (C=O) groups is 2. The standard InChI is InChI=1S/8C13H8S.C2H2O4S.4H2O/c8*14-12-8-7-10-4-1-3-9-5-2-6-11(12)13(9)10;3-1-7(5,6)2-4;;;;/h8*1-8H;1-2H;4*1H2. The van der Waals surface area contributed by atoms with Crippen molar-refractivity contribution in [2.75, 3.05) is 0 Å². The van der Waals surface area contributed by atoms with E-state index in [1.165, 1.54) is 175 Å². The van der Waals surface area contributed by atoms with Crippen molar-refractivity contribution in [3.05, 3.63) is 429 Å². The Morgan fingerprint density at radius 2 is 0.268 bits per heavy atom. The van der Waals surface area contributed by atoms with Gasteiger partial charge in [-0.3, -0.25) is 9.59 Å². The second kappa shape index (κ2) is 39.9. The third-order valence-corrected chi connectivity index (χ3v) is 24.6. The number of allylic oxidation sites excluding steroid dienone is 8. The maximum absolute atomic E-state index is 9.63. The zero-order valence-corrected chi connectivity index (χ0v) is 72.8. The van der Waals surface area contributed by atoms with E-state index in [0.29, 0.717) is 0 Å². The van der Waals surface area contributed by atoms with Crippen molar-refractivity contribution < 1.29 is 39.9 Å². The number of rotatable bonds is 2. The number of hydrogen-bond donors (Lipinski definition) is 0. The van der Waals surface area contributed by atoms with E-state index < -0.39 is 21.1 Å². The van der Waals surface area contributed by atoms with E-state index in [2.05, 4.69) is 340 Å². The lowest BCUT2D eigenvalue weighted by Crippen LogP contribution is -1.99. The lowest BCUT2D eigenvalue weighted by molar-refractivity contribution is 0.549. The molecule has 24 rings (SSSR count). The number of sulfone groups is 1. The van der Waals surface area contributed by atoms with Crippen molar-refractivity contribution in [1.29, 1.82) is 0 Å². The summed E-state index contributed by atoms with van der Waals surface area (Å²) in [4.78, 5) is 26.0. The molecule has 0 saturated heterocycles. The van der Waals surface area contributed by atoms with Crippen LogP contribution >= 0.6 is 97.7 Å². The van der Waals surface area contributed by atoms with Crippen LogP contribution in [0.1, 0.15) is 89.0 Å². The molecule has 16 aromatic carbocycles. The summed E-state index contributed by atoms with van der Waals surface area (Å²) in [7, 11) is -4.02. The molecular weight excluding hydrogens is 1690 g/mol.